The zero-order chi connectivity index (χ0) is 35.2. The van der Waals surface area contributed by atoms with Crippen LogP contribution in [-0.2, 0) is 25.5 Å². The highest BCUT2D eigenvalue weighted by Gasteiger charge is 2.43. The summed E-state index contributed by atoms with van der Waals surface area (Å²) in [7, 11) is -4.39. The Balaban J connectivity index is 1.56. The van der Waals surface area contributed by atoms with E-state index in [0.29, 0.717) is 11.3 Å². The fourth-order valence-electron chi connectivity index (χ4n) is 4.35. The molecule has 0 heterocycles. The number of guanidine groups is 1. The molecule has 0 bridgehead atoms. The molecule has 256 valence electrons. The van der Waals surface area contributed by atoms with Gasteiger partial charge in [0.15, 0.2) is 11.7 Å². The molecular formula is C34H37N6O8P. The van der Waals surface area contributed by atoms with Crippen LogP contribution in [0.15, 0.2) is 120 Å². The van der Waals surface area contributed by atoms with Crippen LogP contribution in [0.1, 0.15) is 23.8 Å². The maximum atomic E-state index is 14.8. The minimum Gasteiger partial charge on any atom is -0.445 e. The van der Waals surface area contributed by atoms with Crippen molar-refractivity contribution >= 4 is 37.2 Å². The first kappa shape index (κ1) is 36.0. The molecule has 4 aromatic rings. The van der Waals surface area contributed by atoms with E-state index in [-0.39, 0.29) is 24.1 Å². The van der Waals surface area contributed by atoms with Gasteiger partial charge in [-0.1, -0.05) is 78.9 Å². The van der Waals surface area contributed by atoms with Crippen molar-refractivity contribution in [1.82, 2.24) is 16.0 Å². The average molecular weight is 689 g/mol. The number of nitrogens with zero attached hydrogens (tertiary/aromatic N) is 1. The van der Waals surface area contributed by atoms with Gasteiger partial charge in [0.05, 0.1) is 12.3 Å². The maximum absolute atomic E-state index is 14.8. The highest BCUT2D eigenvalue weighted by Crippen LogP contribution is 2.59. The number of alkyl carbamates (subject to hydrolysis) is 1. The molecule has 8 N–H and O–H groups in total. The number of benzene rings is 4. The van der Waals surface area contributed by atoms with Crippen LogP contribution in [0.3, 0.4) is 0 Å². The van der Waals surface area contributed by atoms with Gasteiger partial charge in [-0.15, -0.1) is 0 Å². The second-order valence-corrected chi connectivity index (χ2v) is 12.5. The molecule has 0 saturated heterocycles. The lowest BCUT2D eigenvalue weighted by atomic mass is 10.2. The standard InChI is InChI=1S/C34H37N6O8P/c1-23(37-31(43)29(21-41)39-34(44)46-22-24-11-5-2-6-12-24)30(42)40-32(25-17-19-26(20-18-25)38-33(35)36)49(45,47-27-13-7-3-8-14-27)48-28-15-9-4-10-16-28/h2-20,23,29,32,41H,21-22H2,1H3,(H,37,43)(H,39,44)(H,40,42)(H4,35,36,38)/t23-,29+,32?/m0/s1. The van der Waals surface area contributed by atoms with E-state index in [4.69, 9.17) is 25.3 Å². The number of hydrogen-bond donors (Lipinski definition) is 6. The van der Waals surface area contributed by atoms with Gasteiger partial charge in [-0.25, -0.2) is 14.4 Å². The van der Waals surface area contributed by atoms with Crippen LogP contribution in [0.25, 0.3) is 0 Å². The van der Waals surface area contributed by atoms with Crippen LogP contribution >= 0.6 is 7.60 Å². The largest absolute Gasteiger partial charge is 0.457 e. The van der Waals surface area contributed by atoms with Crippen molar-refractivity contribution in [3.8, 4) is 11.5 Å². The van der Waals surface area contributed by atoms with Gasteiger partial charge in [0.1, 0.15) is 30.2 Å². The predicted octanol–water partition coefficient (Wildman–Crippen LogP) is 3.85. The number of nitrogens with two attached hydrogens (primary N) is 2. The topological polar surface area (TPSA) is 217 Å². The Labute approximate surface area is 283 Å². The molecule has 0 saturated carbocycles. The second-order valence-electron chi connectivity index (χ2n) is 10.6. The Morgan fingerprint density at radius 2 is 1.29 bits per heavy atom. The molecule has 3 atom stereocenters. The molecule has 0 aliphatic rings. The van der Waals surface area contributed by atoms with Crippen molar-refractivity contribution in [2.24, 2.45) is 16.5 Å². The maximum Gasteiger partial charge on any atom is 0.457 e. The lowest BCUT2D eigenvalue weighted by Crippen LogP contribution is -2.54. The van der Waals surface area contributed by atoms with E-state index in [9.17, 15) is 24.1 Å². The minimum atomic E-state index is -4.39. The lowest BCUT2D eigenvalue weighted by molar-refractivity contribution is -0.130. The number of carbonyl (C=O) groups is 3. The first-order chi connectivity index (χ1) is 23.6. The Morgan fingerprint density at radius 1 is 0.755 bits per heavy atom. The summed E-state index contributed by atoms with van der Waals surface area (Å²) >= 11 is 0. The Hall–Kier alpha value is -5.85. The highest BCUT2D eigenvalue weighted by atomic mass is 31.2. The molecule has 0 aromatic heterocycles. The zero-order valence-electron chi connectivity index (χ0n) is 26.5. The van der Waals surface area contributed by atoms with E-state index in [2.05, 4.69) is 20.9 Å². The molecule has 3 amide bonds. The van der Waals surface area contributed by atoms with Gasteiger partial charge in [-0.05, 0) is 54.4 Å². The van der Waals surface area contributed by atoms with Gasteiger partial charge >= 0.3 is 13.7 Å². The lowest BCUT2D eigenvalue weighted by Gasteiger charge is -2.29. The summed E-state index contributed by atoms with van der Waals surface area (Å²) in [5.74, 6) is -2.85. The molecule has 0 aliphatic carbocycles. The number of hydrogen-bond acceptors (Lipinski definition) is 9. The fourth-order valence-corrected chi connectivity index (χ4v) is 6.25. The molecule has 15 heteroatoms. The Bertz CT molecular complexity index is 1710. The van der Waals surface area contributed by atoms with Crippen molar-refractivity contribution in [2.45, 2.75) is 31.4 Å². The normalized spacial score (nSPS) is 12.7. The number of carbonyl (C=O) groups excluding carboxylic acids is 3. The van der Waals surface area contributed by atoms with Crippen molar-refractivity contribution in [2.75, 3.05) is 6.61 Å². The summed E-state index contributed by atoms with van der Waals surface area (Å²) < 4.78 is 32.0. The van der Waals surface area contributed by atoms with Gasteiger partial charge in [-0.3, -0.25) is 9.59 Å². The average Bonchev–Trinajstić information content (AvgIpc) is 3.10. The number of aliphatic hydroxyl groups is 1. The quantitative estimate of drug-likeness (QED) is 0.0602. The summed E-state index contributed by atoms with van der Waals surface area (Å²) in [6.45, 7) is 0.529. The van der Waals surface area contributed by atoms with E-state index in [1.54, 1.807) is 97.1 Å². The van der Waals surface area contributed by atoms with Crippen molar-refractivity contribution in [3.63, 3.8) is 0 Å². The first-order valence-corrected chi connectivity index (χ1v) is 16.6. The SMILES string of the molecule is C[C@H](NC(=O)[C@@H](CO)NC(=O)OCc1ccccc1)C(=O)NC(c1ccc(N=C(N)N)cc1)P(=O)(Oc1ccccc1)Oc1ccccc1. The summed E-state index contributed by atoms with van der Waals surface area (Å²) in [5.41, 5.74) is 12.4. The van der Waals surface area contributed by atoms with E-state index in [1.165, 1.54) is 19.1 Å². The Morgan fingerprint density at radius 3 is 1.80 bits per heavy atom. The van der Waals surface area contributed by atoms with Crippen LogP contribution in [-0.4, -0.2) is 47.7 Å². The van der Waals surface area contributed by atoms with E-state index >= 15 is 0 Å². The monoisotopic (exact) mass is 688 g/mol. The third kappa shape index (κ3) is 10.8. The molecular weight excluding hydrogens is 651 g/mol. The zero-order valence-corrected chi connectivity index (χ0v) is 27.4. The smallest absolute Gasteiger partial charge is 0.445 e. The first-order valence-electron chi connectivity index (χ1n) is 15.0. The molecule has 4 rings (SSSR count). The van der Waals surface area contributed by atoms with Gasteiger partial charge < -0.3 is 46.3 Å². The molecule has 0 fully saturated rings. The third-order valence-electron chi connectivity index (χ3n) is 6.77. The number of aliphatic hydroxyl groups excluding tert-OH is 1. The van der Waals surface area contributed by atoms with E-state index in [1.807, 2.05) is 6.07 Å². The number of aliphatic imine (C=N–C) groups is 1. The summed E-state index contributed by atoms with van der Waals surface area (Å²) in [5, 5.41) is 17.2. The molecule has 1 unspecified atom stereocenters. The minimum absolute atomic E-state index is 0.0598. The van der Waals surface area contributed by atoms with Gasteiger partial charge in [0, 0.05) is 0 Å². The number of rotatable bonds is 15. The molecule has 14 nitrogen and oxygen atoms in total. The summed E-state index contributed by atoms with van der Waals surface area (Å²) in [4.78, 5) is 43.0. The summed E-state index contributed by atoms with van der Waals surface area (Å²) in [6.07, 6.45) is -0.948. The fraction of sp³-hybridized carbons (Fsp3) is 0.176. The number of nitrogens with one attached hydrogen (secondary N) is 3. The van der Waals surface area contributed by atoms with Crippen LogP contribution in [0.2, 0.25) is 0 Å². The van der Waals surface area contributed by atoms with Crippen molar-refractivity contribution in [3.05, 3.63) is 126 Å². The van der Waals surface area contributed by atoms with Crippen LogP contribution < -0.4 is 36.5 Å². The molecule has 49 heavy (non-hydrogen) atoms. The molecule has 0 spiro atoms. The highest BCUT2D eigenvalue weighted by molar-refractivity contribution is 7.55. The van der Waals surface area contributed by atoms with Crippen LogP contribution in [0.5, 0.6) is 11.5 Å². The van der Waals surface area contributed by atoms with Crippen molar-refractivity contribution < 1.29 is 37.8 Å². The van der Waals surface area contributed by atoms with Gasteiger partial charge in [0.2, 0.25) is 11.8 Å². The number of para-hydroxylation sites is 2. The van der Waals surface area contributed by atoms with E-state index < -0.39 is 50.0 Å². The van der Waals surface area contributed by atoms with Crippen molar-refractivity contribution in [1.29, 1.82) is 0 Å². The number of amides is 3. The van der Waals surface area contributed by atoms with Crippen LogP contribution in [0, 0.1) is 0 Å². The predicted molar refractivity (Wildman–Crippen MR) is 183 cm³/mol. The summed E-state index contributed by atoms with van der Waals surface area (Å²) in [6, 6.07) is 28.9. The van der Waals surface area contributed by atoms with Crippen LogP contribution in [0.4, 0.5) is 10.5 Å². The number of ether oxygens (including phenoxy) is 1. The second kappa shape index (κ2) is 17.3. The third-order valence-corrected chi connectivity index (χ3v) is 8.76. The molecule has 0 aliphatic heterocycles. The van der Waals surface area contributed by atoms with Gasteiger partial charge in [0.25, 0.3) is 0 Å². The molecule has 0 radical (unpaired) electrons. The van der Waals surface area contributed by atoms with Gasteiger partial charge in [-0.2, -0.15) is 0 Å². The van der Waals surface area contributed by atoms with E-state index in [0.717, 1.165) is 5.56 Å². The molecule has 4 aromatic carbocycles. The Kier molecular flexibility index (Phi) is 12.7.